The third kappa shape index (κ3) is 4.06. The van der Waals surface area contributed by atoms with Crippen molar-refractivity contribution in [3.8, 4) is 0 Å². The predicted molar refractivity (Wildman–Crippen MR) is 79.5 cm³/mol. The summed E-state index contributed by atoms with van der Waals surface area (Å²) in [5, 5.41) is 11.9. The minimum Gasteiger partial charge on any atom is -0.467 e. The van der Waals surface area contributed by atoms with Crippen LogP contribution in [0, 0.1) is 0 Å². The maximum Gasteiger partial charge on any atom is 0.151 e. The number of nitrogens with one attached hydrogen (secondary N) is 1. The van der Waals surface area contributed by atoms with E-state index in [4.69, 9.17) is 4.42 Å². The molecular formula is C15H22N4O. The van der Waals surface area contributed by atoms with Crippen molar-refractivity contribution in [1.82, 2.24) is 15.5 Å². The van der Waals surface area contributed by atoms with Gasteiger partial charge in [-0.1, -0.05) is 6.92 Å². The highest BCUT2D eigenvalue weighted by atomic mass is 16.3. The standard InChI is InChI=1S/C15H22N4O/c1-3-9-16-11-13-7-8-15(18-17-13)19(4-2)12-14-6-5-10-20-14/h5-8,10,16H,3-4,9,11-12H2,1-2H3. The largest absolute Gasteiger partial charge is 0.467 e. The van der Waals surface area contributed by atoms with Gasteiger partial charge in [-0.05, 0) is 44.2 Å². The van der Waals surface area contributed by atoms with Crippen molar-refractivity contribution >= 4 is 5.82 Å². The lowest BCUT2D eigenvalue weighted by Gasteiger charge is -2.20. The second-order valence-corrected chi connectivity index (χ2v) is 4.65. The van der Waals surface area contributed by atoms with Gasteiger partial charge in [-0.25, -0.2) is 0 Å². The molecule has 0 radical (unpaired) electrons. The van der Waals surface area contributed by atoms with E-state index in [1.807, 2.05) is 24.3 Å². The molecular weight excluding hydrogens is 252 g/mol. The summed E-state index contributed by atoms with van der Waals surface area (Å²) < 4.78 is 5.38. The maximum absolute atomic E-state index is 5.38. The van der Waals surface area contributed by atoms with Gasteiger partial charge in [0.05, 0.1) is 18.5 Å². The highest BCUT2D eigenvalue weighted by Crippen LogP contribution is 2.14. The normalized spacial score (nSPS) is 10.7. The Morgan fingerprint density at radius 2 is 2.10 bits per heavy atom. The average molecular weight is 274 g/mol. The number of aromatic nitrogens is 2. The van der Waals surface area contributed by atoms with Gasteiger partial charge in [0.2, 0.25) is 0 Å². The quantitative estimate of drug-likeness (QED) is 0.750. The summed E-state index contributed by atoms with van der Waals surface area (Å²) in [4.78, 5) is 2.13. The second-order valence-electron chi connectivity index (χ2n) is 4.65. The first-order valence-corrected chi connectivity index (χ1v) is 7.14. The molecule has 0 atom stereocenters. The van der Waals surface area contributed by atoms with E-state index in [0.29, 0.717) is 6.54 Å². The minimum absolute atomic E-state index is 0.714. The monoisotopic (exact) mass is 274 g/mol. The lowest BCUT2D eigenvalue weighted by Crippen LogP contribution is -2.23. The summed E-state index contributed by atoms with van der Waals surface area (Å²) in [7, 11) is 0. The molecule has 2 aromatic rings. The van der Waals surface area contributed by atoms with Crippen LogP contribution in [0.2, 0.25) is 0 Å². The first-order valence-electron chi connectivity index (χ1n) is 7.14. The lowest BCUT2D eigenvalue weighted by molar-refractivity contribution is 0.502. The highest BCUT2D eigenvalue weighted by Gasteiger charge is 2.09. The zero-order valence-corrected chi connectivity index (χ0v) is 12.2. The molecule has 2 aromatic heterocycles. The second kappa shape index (κ2) is 7.65. The Kier molecular flexibility index (Phi) is 5.55. The molecule has 0 amide bonds. The first-order chi connectivity index (χ1) is 9.83. The van der Waals surface area contributed by atoms with Crippen molar-refractivity contribution in [1.29, 1.82) is 0 Å². The summed E-state index contributed by atoms with van der Waals surface area (Å²) in [6.07, 6.45) is 2.82. The van der Waals surface area contributed by atoms with Gasteiger partial charge in [-0.3, -0.25) is 0 Å². The SMILES string of the molecule is CCCNCc1ccc(N(CC)Cc2ccco2)nn1. The van der Waals surface area contributed by atoms with Crippen LogP contribution in [0.5, 0.6) is 0 Å². The van der Waals surface area contributed by atoms with Crippen molar-refractivity contribution in [2.75, 3.05) is 18.0 Å². The summed E-state index contributed by atoms with van der Waals surface area (Å²) in [5.74, 6) is 1.81. The number of nitrogens with zero attached hydrogens (tertiary/aromatic N) is 3. The molecule has 0 unspecified atom stereocenters. The Bertz CT molecular complexity index is 481. The van der Waals surface area contributed by atoms with Gasteiger partial charge in [0.1, 0.15) is 5.76 Å². The van der Waals surface area contributed by atoms with Crippen molar-refractivity contribution in [3.63, 3.8) is 0 Å². The van der Waals surface area contributed by atoms with Crippen molar-refractivity contribution in [2.24, 2.45) is 0 Å². The molecule has 20 heavy (non-hydrogen) atoms. The van der Waals surface area contributed by atoms with Gasteiger partial charge < -0.3 is 14.6 Å². The van der Waals surface area contributed by atoms with Crippen LogP contribution in [0.15, 0.2) is 34.9 Å². The van der Waals surface area contributed by atoms with Crippen molar-refractivity contribution in [2.45, 2.75) is 33.4 Å². The molecule has 0 aliphatic carbocycles. The van der Waals surface area contributed by atoms with Gasteiger partial charge in [-0.15, -0.1) is 5.10 Å². The maximum atomic E-state index is 5.38. The van der Waals surface area contributed by atoms with Crippen molar-refractivity contribution < 1.29 is 4.42 Å². The van der Waals surface area contributed by atoms with Crippen LogP contribution >= 0.6 is 0 Å². The zero-order valence-electron chi connectivity index (χ0n) is 12.2. The lowest BCUT2D eigenvalue weighted by atomic mass is 10.3. The fourth-order valence-corrected chi connectivity index (χ4v) is 1.95. The first kappa shape index (κ1) is 14.5. The minimum atomic E-state index is 0.714. The topological polar surface area (TPSA) is 54.2 Å². The number of hydrogen-bond acceptors (Lipinski definition) is 5. The highest BCUT2D eigenvalue weighted by molar-refractivity contribution is 5.37. The Labute approximate surface area is 120 Å². The van der Waals surface area contributed by atoms with E-state index in [1.54, 1.807) is 6.26 Å². The van der Waals surface area contributed by atoms with Crippen molar-refractivity contribution in [3.05, 3.63) is 42.0 Å². The van der Waals surface area contributed by atoms with Crippen LogP contribution in [-0.4, -0.2) is 23.3 Å². The van der Waals surface area contributed by atoms with Gasteiger partial charge >= 0.3 is 0 Å². The molecule has 0 saturated carbocycles. The smallest absolute Gasteiger partial charge is 0.151 e. The summed E-state index contributed by atoms with van der Waals surface area (Å²) in [6.45, 7) is 7.60. The Hall–Kier alpha value is -1.88. The van der Waals surface area contributed by atoms with E-state index in [0.717, 1.165) is 43.3 Å². The fraction of sp³-hybridized carbons (Fsp3) is 0.467. The molecule has 5 heteroatoms. The van der Waals surface area contributed by atoms with Gasteiger partial charge in [0.25, 0.3) is 0 Å². The van der Waals surface area contributed by atoms with Gasteiger partial charge in [0.15, 0.2) is 5.82 Å². The molecule has 0 saturated heterocycles. The van der Waals surface area contributed by atoms with Crippen LogP contribution < -0.4 is 10.2 Å². The molecule has 0 bridgehead atoms. The number of hydrogen-bond donors (Lipinski definition) is 1. The van der Waals surface area contributed by atoms with E-state index in [9.17, 15) is 0 Å². The van der Waals surface area contributed by atoms with E-state index in [2.05, 4.69) is 34.3 Å². The Morgan fingerprint density at radius 3 is 2.70 bits per heavy atom. The van der Waals surface area contributed by atoms with Gasteiger partial charge in [0, 0.05) is 13.1 Å². The average Bonchev–Trinajstić information content (AvgIpc) is 2.99. The van der Waals surface area contributed by atoms with Crippen LogP contribution in [0.4, 0.5) is 5.82 Å². The molecule has 0 fully saturated rings. The molecule has 0 spiro atoms. The third-order valence-corrected chi connectivity index (χ3v) is 3.07. The summed E-state index contributed by atoms with van der Waals surface area (Å²) >= 11 is 0. The Balaban J connectivity index is 1.96. The van der Waals surface area contributed by atoms with E-state index >= 15 is 0 Å². The number of rotatable bonds is 8. The van der Waals surface area contributed by atoms with E-state index in [1.165, 1.54) is 0 Å². The summed E-state index contributed by atoms with van der Waals surface area (Å²) in [6, 6.07) is 7.91. The van der Waals surface area contributed by atoms with Crippen LogP contribution in [0.25, 0.3) is 0 Å². The number of furan rings is 1. The predicted octanol–water partition coefficient (Wildman–Crippen LogP) is 2.60. The fourth-order valence-electron chi connectivity index (χ4n) is 1.95. The zero-order chi connectivity index (χ0) is 14.2. The molecule has 2 heterocycles. The summed E-state index contributed by atoms with van der Waals surface area (Å²) in [5.41, 5.74) is 0.969. The molecule has 108 valence electrons. The van der Waals surface area contributed by atoms with Crippen LogP contribution in [-0.2, 0) is 13.1 Å². The molecule has 0 aliphatic heterocycles. The molecule has 0 aliphatic rings. The van der Waals surface area contributed by atoms with Gasteiger partial charge in [-0.2, -0.15) is 5.10 Å². The van der Waals surface area contributed by atoms with E-state index in [-0.39, 0.29) is 0 Å². The van der Waals surface area contributed by atoms with Crippen LogP contribution in [0.3, 0.4) is 0 Å². The molecule has 2 rings (SSSR count). The Morgan fingerprint density at radius 1 is 1.20 bits per heavy atom. The molecule has 1 N–H and O–H groups in total. The third-order valence-electron chi connectivity index (χ3n) is 3.07. The molecule has 5 nitrogen and oxygen atoms in total. The van der Waals surface area contributed by atoms with Crippen LogP contribution in [0.1, 0.15) is 31.7 Å². The van der Waals surface area contributed by atoms with E-state index < -0.39 is 0 Å². The number of anilines is 1. The molecule has 0 aromatic carbocycles.